The van der Waals surface area contributed by atoms with E-state index in [1.807, 2.05) is 18.0 Å². The van der Waals surface area contributed by atoms with Crippen molar-refractivity contribution in [1.82, 2.24) is 0 Å². The summed E-state index contributed by atoms with van der Waals surface area (Å²) in [5.41, 5.74) is 1.36. The Hall–Kier alpha value is -1.29. The first-order valence-corrected chi connectivity index (χ1v) is 6.44. The Morgan fingerprint density at radius 3 is 2.50 bits per heavy atom. The van der Waals surface area contributed by atoms with Gasteiger partial charge in [0.2, 0.25) is 0 Å². The lowest BCUT2D eigenvalue weighted by Crippen LogP contribution is -2.40. The van der Waals surface area contributed by atoms with Crippen molar-refractivity contribution in [2.24, 2.45) is 0 Å². The molecule has 0 fully saturated rings. The molecule has 0 radical (unpaired) electrons. The van der Waals surface area contributed by atoms with Gasteiger partial charge in [0.05, 0.1) is 4.92 Å². The van der Waals surface area contributed by atoms with Crippen molar-refractivity contribution in [2.45, 2.75) is 38.6 Å². The van der Waals surface area contributed by atoms with Crippen LogP contribution in [-0.2, 0) is 5.88 Å². The van der Waals surface area contributed by atoms with E-state index in [1.165, 1.54) is 0 Å². The van der Waals surface area contributed by atoms with Gasteiger partial charge in [0.15, 0.2) is 0 Å². The average molecular weight is 271 g/mol. The number of hydrogen-bond acceptors (Lipinski definition) is 3. The first kappa shape index (κ1) is 14.8. The molecule has 18 heavy (non-hydrogen) atoms. The molecule has 0 N–H and O–H groups in total. The molecule has 0 heterocycles. The second-order valence-corrected chi connectivity index (χ2v) is 5.21. The van der Waals surface area contributed by atoms with Crippen LogP contribution in [0.25, 0.3) is 0 Å². The number of benzene rings is 1. The van der Waals surface area contributed by atoms with Gasteiger partial charge < -0.3 is 4.90 Å². The van der Waals surface area contributed by atoms with Crippen molar-refractivity contribution in [3.8, 4) is 0 Å². The van der Waals surface area contributed by atoms with E-state index in [4.69, 9.17) is 11.6 Å². The molecular formula is C13H19ClN2O2. The number of hydrogen-bond donors (Lipinski definition) is 0. The SMILES string of the molecule is CCC(C)(C)N(C)c1ccc(CCl)cc1[N+](=O)[O-]. The molecule has 0 aromatic heterocycles. The number of nitrogens with zero attached hydrogens (tertiary/aromatic N) is 2. The maximum absolute atomic E-state index is 11.1. The standard InChI is InChI=1S/C13H19ClN2O2/c1-5-13(2,3)15(4)11-7-6-10(9-14)8-12(11)16(17)18/h6-8H,5,9H2,1-4H3. The average Bonchev–Trinajstić information content (AvgIpc) is 2.36. The minimum Gasteiger partial charge on any atom is -0.364 e. The van der Waals surface area contributed by atoms with Crippen LogP contribution in [0.1, 0.15) is 32.8 Å². The maximum Gasteiger partial charge on any atom is 0.292 e. The number of rotatable bonds is 5. The Morgan fingerprint density at radius 2 is 2.06 bits per heavy atom. The van der Waals surface area contributed by atoms with Crippen molar-refractivity contribution in [1.29, 1.82) is 0 Å². The zero-order chi connectivity index (χ0) is 13.9. The Kier molecular flexibility index (Phi) is 4.57. The van der Waals surface area contributed by atoms with Crippen LogP contribution in [0, 0.1) is 10.1 Å². The van der Waals surface area contributed by atoms with Crippen molar-refractivity contribution in [3.05, 3.63) is 33.9 Å². The van der Waals surface area contributed by atoms with E-state index in [0.29, 0.717) is 5.69 Å². The number of nitro groups is 1. The highest BCUT2D eigenvalue weighted by atomic mass is 35.5. The maximum atomic E-state index is 11.1. The molecule has 5 heteroatoms. The van der Waals surface area contributed by atoms with E-state index in [9.17, 15) is 10.1 Å². The van der Waals surface area contributed by atoms with E-state index in [0.717, 1.165) is 12.0 Å². The summed E-state index contributed by atoms with van der Waals surface area (Å²) in [7, 11) is 1.88. The number of alkyl halides is 1. The highest BCUT2D eigenvalue weighted by Gasteiger charge is 2.27. The topological polar surface area (TPSA) is 46.4 Å². The molecule has 1 aromatic carbocycles. The molecule has 0 aliphatic carbocycles. The van der Waals surface area contributed by atoms with Crippen LogP contribution in [0.4, 0.5) is 11.4 Å². The lowest BCUT2D eigenvalue weighted by atomic mass is 9.98. The first-order valence-electron chi connectivity index (χ1n) is 5.90. The Bertz CT molecular complexity index is 447. The molecule has 0 amide bonds. The van der Waals surface area contributed by atoms with Crippen LogP contribution in [0.5, 0.6) is 0 Å². The fraction of sp³-hybridized carbons (Fsp3) is 0.538. The van der Waals surface area contributed by atoms with Gasteiger partial charge in [0, 0.05) is 24.5 Å². The fourth-order valence-electron chi connectivity index (χ4n) is 1.65. The molecule has 1 rings (SSSR count). The Labute approximate surface area is 113 Å². The highest BCUT2D eigenvalue weighted by molar-refractivity contribution is 6.17. The van der Waals surface area contributed by atoms with Crippen LogP contribution in [-0.4, -0.2) is 17.5 Å². The first-order chi connectivity index (χ1) is 8.33. The van der Waals surface area contributed by atoms with Gasteiger partial charge in [-0.1, -0.05) is 13.0 Å². The molecule has 0 spiro atoms. The second-order valence-electron chi connectivity index (χ2n) is 4.94. The monoisotopic (exact) mass is 270 g/mol. The van der Waals surface area contributed by atoms with Crippen LogP contribution in [0.3, 0.4) is 0 Å². The Morgan fingerprint density at radius 1 is 1.44 bits per heavy atom. The molecule has 0 aliphatic heterocycles. The third-order valence-corrected chi connectivity index (χ3v) is 3.83. The summed E-state index contributed by atoms with van der Waals surface area (Å²) in [6.07, 6.45) is 0.901. The molecule has 0 saturated carbocycles. The summed E-state index contributed by atoms with van der Waals surface area (Å²) >= 11 is 5.72. The molecule has 0 bridgehead atoms. The van der Waals surface area contributed by atoms with Gasteiger partial charge in [-0.15, -0.1) is 11.6 Å². The van der Waals surface area contributed by atoms with Crippen LogP contribution >= 0.6 is 11.6 Å². The van der Waals surface area contributed by atoms with Crippen molar-refractivity contribution >= 4 is 23.0 Å². The van der Waals surface area contributed by atoms with E-state index >= 15 is 0 Å². The second kappa shape index (κ2) is 5.57. The predicted molar refractivity (Wildman–Crippen MR) is 75.4 cm³/mol. The summed E-state index contributed by atoms with van der Waals surface area (Å²) < 4.78 is 0. The van der Waals surface area contributed by atoms with Gasteiger partial charge in [-0.3, -0.25) is 10.1 Å². The van der Waals surface area contributed by atoms with Crippen molar-refractivity contribution in [2.75, 3.05) is 11.9 Å². The zero-order valence-electron chi connectivity index (χ0n) is 11.2. The zero-order valence-corrected chi connectivity index (χ0v) is 12.0. The fourth-order valence-corrected chi connectivity index (χ4v) is 1.81. The molecule has 0 saturated heterocycles. The quantitative estimate of drug-likeness (QED) is 0.462. The molecule has 0 atom stereocenters. The minimum absolute atomic E-state index is 0.108. The minimum atomic E-state index is -0.354. The van der Waals surface area contributed by atoms with Gasteiger partial charge in [0.1, 0.15) is 5.69 Å². The number of nitro benzene ring substituents is 1. The van der Waals surface area contributed by atoms with E-state index in [-0.39, 0.29) is 22.0 Å². The van der Waals surface area contributed by atoms with Gasteiger partial charge in [-0.05, 0) is 31.9 Å². The molecule has 100 valence electrons. The van der Waals surface area contributed by atoms with E-state index in [2.05, 4.69) is 20.8 Å². The Balaban J connectivity index is 3.28. The van der Waals surface area contributed by atoms with Crippen LogP contribution in [0.2, 0.25) is 0 Å². The summed E-state index contributed by atoms with van der Waals surface area (Å²) in [5, 5.41) is 11.1. The molecule has 4 nitrogen and oxygen atoms in total. The van der Waals surface area contributed by atoms with Crippen molar-refractivity contribution < 1.29 is 4.92 Å². The normalized spacial score (nSPS) is 11.4. The highest BCUT2D eigenvalue weighted by Crippen LogP contribution is 2.33. The van der Waals surface area contributed by atoms with Crippen LogP contribution in [0.15, 0.2) is 18.2 Å². The van der Waals surface area contributed by atoms with Gasteiger partial charge in [-0.25, -0.2) is 0 Å². The van der Waals surface area contributed by atoms with Gasteiger partial charge in [-0.2, -0.15) is 0 Å². The predicted octanol–water partition coefficient (Wildman–Crippen LogP) is 3.96. The summed E-state index contributed by atoms with van der Waals surface area (Å²) in [4.78, 5) is 12.7. The van der Waals surface area contributed by atoms with Crippen molar-refractivity contribution in [3.63, 3.8) is 0 Å². The summed E-state index contributed by atoms with van der Waals surface area (Å²) in [6, 6.07) is 5.15. The number of halogens is 1. The third kappa shape index (κ3) is 2.93. The lowest BCUT2D eigenvalue weighted by molar-refractivity contribution is -0.384. The molecule has 1 aromatic rings. The van der Waals surface area contributed by atoms with Gasteiger partial charge >= 0.3 is 0 Å². The summed E-state index contributed by atoms with van der Waals surface area (Å²) in [6.45, 7) is 6.19. The van der Waals surface area contributed by atoms with Gasteiger partial charge in [0.25, 0.3) is 5.69 Å². The largest absolute Gasteiger partial charge is 0.364 e. The molecule has 0 aliphatic rings. The smallest absolute Gasteiger partial charge is 0.292 e. The van der Waals surface area contributed by atoms with E-state index in [1.54, 1.807) is 12.1 Å². The lowest BCUT2D eigenvalue weighted by Gasteiger charge is -2.36. The third-order valence-electron chi connectivity index (χ3n) is 3.53. The molecular weight excluding hydrogens is 252 g/mol. The number of anilines is 1. The summed E-state index contributed by atoms with van der Waals surface area (Å²) in [5.74, 6) is 0.280. The molecule has 0 unspecified atom stereocenters. The van der Waals surface area contributed by atoms with Crippen LogP contribution < -0.4 is 4.90 Å². The van der Waals surface area contributed by atoms with E-state index < -0.39 is 0 Å².